The molecule has 1 fully saturated rings. The molecule has 1 aromatic carbocycles. The Labute approximate surface area is 121 Å². The average molecular weight is 276 g/mol. The maximum Gasteiger partial charge on any atom is 0.238 e. The minimum atomic E-state index is 0.0595. The van der Waals surface area contributed by atoms with Gasteiger partial charge in [0.2, 0.25) is 5.91 Å². The van der Waals surface area contributed by atoms with Gasteiger partial charge in [0.05, 0.1) is 13.7 Å². The first-order valence-corrected chi connectivity index (χ1v) is 7.37. The Morgan fingerprint density at radius 3 is 2.60 bits per heavy atom. The minimum Gasteiger partial charge on any atom is -0.497 e. The highest BCUT2D eigenvalue weighted by Gasteiger charge is 2.24. The number of nitrogens with one attached hydrogen (secondary N) is 1. The van der Waals surface area contributed by atoms with Gasteiger partial charge in [-0.1, -0.05) is 6.92 Å². The van der Waals surface area contributed by atoms with Gasteiger partial charge in [-0.2, -0.15) is 0 Å². The van der Waals surface area contributed by atoms with E-state index in [2.05, 4.69) is 17.1 Å². The summed E-state index contributed by atoms with van der Waals surface area (Å²) >= 11 is 0. The van der Waals surface area contributed by atoms with Crippen LogP contribution < -0.4 is 10.1 Å². The number of hydrogen-bond acceptors (Lipinski definition) is 3. The van der Waals surface area contributed by atoms with Crippen LogP contribution in [0.3, 0.4) is 0 Å². The summed E-state index contributed by atoms with van der Waals surface area (Å²) in [6, 6.07) is 7.43. The minimum absolute atomic E-state index is 0.0595. The van der Waals surface area contributed by atoms with Gasteiger partial charge in [0.1, 0.15) is 5.75 Å². The monoisotopic (exact) mass is 276 g/mol. The highest BCUT2D eigenvalue weighted by atomic mass is 16.5. The van der Waals surface area contributed by atoms with E-state index in [0.717, 1.165) is 36.9 Å². The van der Waals surface area contributed by atoms with E-state index in [1.165, 1.54) is 12.8 Å². The first-order chi connectivity index (χ1) is 9.71. The van der Waals surface area contributed by atoms with Gasteiger partial charge in [-0.3, -0.25) is 9.69 Å². The molecule has 110 valence electrons. The van der Waals surface area contributed by atoms with Crippen LogP contribution >= 0.6 is 0 Å². The zero-order chi connectivity index (χ0) is 14.4. The predicted octanol–water partition coefficient (Wildman–Crippen LogP) is 2.76. The summed E-state index contributed by atoms with van der Waals surface area (Å²) in [5, 5.41) is 2.94. The second kappa shape index (κ2) is 7.29. The molecular weight excluding hydrogens is 252 g/mol. The van der Waals surface area contributed by atoms with E-state index in [0.29, 0.717) is 6.54 Å². The van der Waals surface area contributed by atoms with Crippen LogP contribution in [0, 0.1) is 5.92 Å². The fourth-order valence-electron chi connectivity index (χ4n) is 2.29. The summed E-state index contributed by atoms with van der Waals surface area (Å²) in [5.74, 6) is 1.67. The second-order valence-electron chi connectivity index (χ2n) is 5.46. The van der Waals surface area contributed by atoms with Gasteiger partial charge in [-0.25, -0.2) is 0 Å². The summed E-state index contributed by atoms with van der Waals surface area (Å²) in [6.07, 6.45) is 3.73. The third-order valence-electron chi connectivity index (χ3n) is 3.49. The molecule has 4 nitrogen and oxygen atoms in total. The maximum absolute atomic E-state index is 12.1. The van der Waals surface area contributed by atoms with E-state index < -0.39 is 0 Å². The highest BCUT2D eigenvalue weighted by Crippen LogP contribution is 2.29. The normalized spacial score (nSPS) is 14.3. The molecule has 0 radical (unpaired) electrons. The summed E-state index contributed by atoms with van der Waals surface area (Å²) < 4.78 is 5.10. The van der Waals surface area contributed by atoms with E-state index >= 15 is 0 Å². The fourth-order valence-corrected chi connectivity index (χ4v) is 2.29. The lowest BCUT2D eigenvalue weighted by Gasteiger charge is -2.20. The van der Waals surface area contributed by atoms with Crippen molar-refractivity contribution in [1.82, 2.24) is 4.90 Å². The lowest BCUT2D eigenvalue weighted by molar-refractivity contribution is -0.117. The first-order valence-electron chi connectivity index (χ1n) is 7.37. The number of benzene rings is 1. The molecule has 1 N–H and O–H groups in total. The zero-order valence-electron chi connectivity index (χ0n) is 12.4. The molecule has 0 atom stereocenters. The summed E-state index contributed by atoms with van der Waals surface area (Å²) in [6.45, 7) is 4.69. The molecule has 0 saturated heterocycles. The van der Waals surface area contributed by atoms with Crippen molar-refractivity contribution in [3.8, 4) is 5.75 Å². The Kier molecular flexibility index (Phi) is 5.41. The predicted molar refractivity (Wildman–Crippen MR) is 81.1 cm³/mol. The standard InChI is InChI=1S/C16H24N2O2/c1-3-10-18(11-13-4-5-13)12-16(19)17-14-6-8-15(20-2)9-7-14/h6-9,13H,3-5,10-12H2,1-2H3,(H,17,19). The van der Waals surface area contributed by atoms with Crippen molar-refractivity contribution in [3.63, 3.8) is 0 Å². The number of amides is 1. The van der Waals surface area contributed by atoms with Crippen LogP contribution in [0.25, 0.3) is 0 Å². The number of anilines is 1. The average Bonchev–Trinajstić information content (AvgIpc) is 3.23. The number of hydrogen-bond donors (Lipinski definition) is 1. The van der Waals surface area contributed by atoms with Crippen LogP contribution in [0.5, 0.6) is 5.75 Å². The third kappa shape index (κ3) is 4.85. The molecule has 1 amide bonds. The number of nitrogens with zero attached hydrogens (tertiary/aromatic N) is 1. The smallest absolute Gasteiger partial charge is 0.238 e. The van der Waals surface area contributed by atoms with Crippen LogP contribution in [-0.2, 0) is 4.79 Å². The molecule has 1 saturated carbocycles. The summed E-state index contributed by atoms with van der Waals surface area (Å²) in [7, 11) is 1.63. The van der Waals surface area contributed by atoms with Crippen molar-refractivity contribution in [2.45, 2.75) is 26.2 Å². The Bertz CT molecular complexity index is 427. The topological polar surface area (TPSA) is 41.6 Å². The van der Waals surface area contributed by atoms with Crippen LogP contribution in [0.2, 0.25) is 0 Å². The Balaban J connectivity index is 1.82. The van der Waals surface area contributed by atoms with Crippen molar-refractivity contribution in [2.75, 3.05) is 32.1 Å². The molecule has 0 aliphatic heterocycles. The molecule has 0 aromatic heterocycles. The first kappa shape index (κ1) is 14.9. The van der Waals surface area contributed by atoms with Crippen molar-refractivity contribution >= 4 is 11.6 Å². The Morgan fingerprint density at radius 2 is 2.05 bits per heavy atom. The molecular formula is C16H24N2O2. The molecule has 0 heterocycles. The molecule has 1 aromatic rings. The number of rotatable bonds is 8. The van der Waals surface area contributed by atoms with Gasteiger partial charge >= 0.3 is 0 Å². The largest absolute Gasteiger partial charge is 0.497 e. The van der Waals surface area contributed by atoms with Gasteiger partial charge in [-0.05, 0) is 56.0 Å². The lowest BCUT2D eigenvalue weighted by Crippen LogP contribution is -2.35. The fraction of sp³-hybridized carbons (Fsp3) is 0.562. The third-order valence-corrected chi connectivity index (χ3v) is 3.49. The SMILES string of the molecule is CCCN(CC(=O)Nc1ccc(OC)cc1)CC1CC1. The quantitative estimate of drug-likeness (QED) is 0.794. The van der Waals surface area contributed by atoms with E-state index in [9.17, 15) is 4.79 Å². The van der Waals surface area contributed by atoms with E-state index in [-0.39, 0.29) is 5.91 Å². The van der Waals surface area contributed by atoms with E-state index in [1.807, 2.05) is 24.3 Å². The van der Waals surface area contributed by atoms with Crippen LogP contribution in [-0.4, -0.2) is 37.6 Å². The molecule has 4 heteroatoms. The number of methoxy groups -OCH3 is 1. The molecule has 0 unspecified atom stereocenters. The van der Waals surface area contributed by atoms with Crippen molar-refractivity contribution < 1.29 is 9.53 Å². The zero-order valence-corrected chi connectivity index (χ0v) is 12.4. The maximum atomic E-state index is 12.1. The lowest BCUT2D eigenvalue weighted by atomic mass is 10.3. The molecule has 0 spiro atoms. The van der Waals surface area contributed by atoms with Gasteiger partial charge in [0, 0.05) is 12.2 Å². The van der Waals surface area contributed by atoms with Gasteiger partial charge < -0.3 is 10.1 Å². The molecule has 2 rings (SSSR count). The van der Waals surface area contributed by atoms with E-state index in [4.69, 9.17) is 4.74 Å². The van der Waals surface area contributed by atoms with Gasteiger partial charge in [-0.15, -0.1) is 0 Å². The van der Waals surface area contributed by atoms with Crippen molar-refractivity contribution in [3.05, 3.63) is 24.3 Å². The van der Waals surface area contributed by atoms with Crippen molar-refractivity contribution in [1.29, 1.82) is 0 Å². The Hall–Kier alpha value is -1.55. The van der Waals surface area contributed by atoms with Crippen molar-refractivity contribution in [2.24, 2.45) is 5.92 Å². The van der Waals surface area contributed by atoms with Gasteiger partial charge in [0.15, 0.2) is 0 Å². The van der Waals surface area contributed by atoms with E-state index in [1.54, 1.807) is 7.11 Å². The Morgan fingerprint density at radius 1 is 1.35 bits per heavy atom. The second-order valence-corrected chi connectivity index (χ2v) is 5.46. The number of ether oxygens (including phenoxy) is 1. The molecule has 20 heavy (non-hydrogen) atoms. The number of carbonyl (C=O) groups is 1. The summed E-state index contributed by atoms with van der Waals surface area (Å²) in [4.78, 5) is 14.3. The highest BCUT2D eigenvalue weighted by molar-refractivity contribution is 5.92. The van der Waals surface area contributed by atoms with Gasteiger partial charge in [0.25, 0.3) is 0 Å². The number of carbonyl (C=O) groups excluding carboxylic acids is 1. The molecule has 1 aliphatic carbocycles. The summed E-state index contributed by atoms with van der Waals surface area (Å²) in [5.41, 5.74) is 0.818. The molecule has 1 aliphatic rings. The van der Waals surface area contributed by atoms with Crippen LogP contribution in [0.15, 0.2) is 24.3 Å². The van der Waals surface area contributed by atoms with Crippen LogP contribution in [0.4, 0.5) is 5.69 Å². The molecule has 0 bridgehead atoms. The van der Waals surface area contributed by atoms with Crippen LogP contribution in [0.1, 0.15) is 26.2 Å².